The summed E-state index contributed by atoms with van der Waals surface area (Å²) in [6.07, 6.45) is 1.53. The minimum absolute atomic E-state index is 0.0932. The van der Waals surface area contributed by atoms with Gasteiger partial charge in [0, 0.05) is 32.0 Å². The normalized spacial score (nSPS) is 10.7. The van der Waals surface area contributed by atoms with Crippen molar-refractivity contribution in [2.75, 3.05) is 34.2 Å². The molecule has 0 aliphatic carbocycles. The van der Waals surface area contributed by atoms with Crippen molar-refractivity contribution in [2.45, 2.75) is 6.92 Å². The second-order valence-corrected chi connectivity index (χ2v) is 4.74. The van der Waals surface area contributed by atoms with Gasteiger partial charge in [-0.15, -0.1) is 0 Å². The predicted molar refractivity (Wildman–Crippen MR) is 69.5 cm³/mol. The lowest BCUT2D eigenvalue weighted by molar-refractivity contribution is 0.0786. The van der Waals surface area contributed by atoms with Crippen LogP contribution in [0.25, 0.3) is 0 Å². The number of pyridine rings is 1. The van der Waals surface area contributed by atoms with Gasteiger partial charge in [-0.2, -0.15) is 0 Å². The number of aromatic nitrogens is 1. The lowest BCUT2D eigenvalue weighted by Crippen LogP contribution is -2.33. The lowest BCUT2D eigenvalue weighted by atomic mass is 10.2. The van der Waals surface area contributed by atoms with Crippen molar-refractivity contribution in [3.8, 4) is 0 Å². The molecule has 0 aliphatic rings. The van der Waals surface area contributed by atoms with Gasteiger partial charge in [-0.3, -0.25) is 9.78 Å². The van der Waals surface area contributed by atoms with Gasteiger partial charge in [-0.05, 0) is 27.1 Å². The maximum atomic E-state index is 12.1. The van der Waals surface area contributed by atoms with E-state index in [-0.39, 0.29) is 5.91 Å². The lowest BCUT2D eigenvalue weighted by Gasteiger charge is -2.20. The van der Waals surface area contributed by atoms with Crippen LogP contribution < -0.4 is 0 Å². The first-order valence-electron chi connectivity index (χ1n) is 5.44. The molecule has 1 aromatic heterocycles. The Morgan fingerprint density at radius 2 is 2.00 bits per heavy atom. The molecule has 0 fully saturated rings. The number of hydrogen-bond donors (Lipinski definition) is 0. The number of carbonyl (C=O) groups excluding carboxylic acids is 1. The summed E-state index contributed by atoms with van der Waals surface area (Å²) in [7, 11) is 5.71. The number of rotatable bonds is 4. The molecule has 0 spiro atoms. The van der Waals surface area contributed by atoms with E-state index in [0.717, 1.165) is 12.2 Å². The van der Waals surface area contributed by atoms with E-state index in [1.807, 2.05) is 25.9 Å². The Hall–Kier alpha value is -1.13. The highest BCUT2D eigenvalue weighted by atomic mass is 35.5. The van der Waals surface area contributed by atoms with Gasteiger partial charge in [0.15, 0.2) is 0 Å². The molecular weight excluding hydrogens is 238 g/mol. The molecule has 0 saturated heterocycles. The van der Waals surface area contributed by atoms with Gasteiger partial charge in [-0.1, -0.05) is 11.6 Å². The third-order valence-electron chi connectivity index (χ3n) is 2.45. The highest BCUT2D eigenvalue weighted by molar-refractivity contribution is 6.33. The number of nitrogens with zero attached hydrogens (tertiary/aromatic N) is 3. The van der Waals surface area contributed by atoms with Crippen LogP contribution in [0.5, 0.6) is 0 Å². The summed E-state index contributed by atoms with van der Waals surface area (Å²) >= 11 is 6.03. The number of likely N-dealkylation sites (N-methyl/N-ethyl adjacent to an activating group) is 2. The van der Waals surface area contributed by atoms with Gasteiger partial charge in [-0.25, -0.2) is 0 Å². The van der Waals surface area contributed by atoms with Crippen LogP contribution in [0.15, 0.2) is 12.3 Å². The van der Waals surface area contributed by atoms with Gasteiger partial charge in [0.1, 0.15) is 0 Å². The van der Waals surface area contributed by atoms with E-state index in [9.17, 15) is 4.79 Å². The summed E-state index contributed by atoms with van der Waals surface area (Å²) in [4.78, 5) is 19.8. The molecule has 0 aliphatic heterocycles. The highest BCUT2D eigenvalue weighted by Crippen LogP contribution is 2.17. The van der Waals surface area contributed by atoms with Gasteiger partial charge in [0.2, 0.25) is 0 Å². The van der Waals surface area contributed by atoms with E-state index in [1.54, 1.807) is 18.0 Å². The molecule has 1 aromatic rings. The molecule has 17 heavy (non-hydrogen) atoms. The second kappa shape index (κ2) is 5.98. The van der Waals surface area contributed by atoms with Crippen LogP contribution in [0.3, 0.4) is 0 Å². The summed E-state index contributed by atoms with van der Waals surface area (Å²) < 4.78 is 0. The smallest absolute Gasteiger partial charge is 0.256 e. The summed E-state index contributed by atoms with van der Waals surface area (Å²) in [6.45, 7) is 3.32. The number of aryl methyl sites for hydroxylation is 1. The van der Waals surface area contributed by atoms with Gasteiger partial charge >= 0.3 is 0 Å². The van der Waals surface area contributed by atoms with Crippen LogP contribution in [-0.4, -0.2) is 54.9 Å². The van der Waals surface area contributed by atoms with Crippen LogP contribution >= 0.6 is 11.6 Å². The molecule has 0 atom stereocenters. The Balaban J connectivity index is 2.75. The zero-order chi connectivity index (χ0) is 13.0. The van der Waals surface area contributed by atoms with Crippen LogP contribution in [0.2, 0.25) is 5.02 Å². The van der Waals surface area contributed by atoms with E-state index in [1.165, 1.54) is 6.20 Å². The summed E-state index contributed by atoms with van der Waals surface area (Å²) in [5, 5.41) is 0.458. The minimum Gasteiger partial charge on any atom is -0.340 e. The van der Waals surface area contributed by atoms with Gasteiger partial charge in [0.05, 0.1) is 10.6 Å². The monoisotopic (exact) mass is 255 g/mol. The first-order chi connectivity index (χ1) is 7.91. The molecule has 0 N–H and O–H groups in total. The molecule has 94 valence electrons. The highest BCUT2D eigenvalue weighted by Gasteiger charge is 2.15. The van der Waals surface area contributed by atoms with Crippen molar-refractivity contribution < 1.29 is 4.79 Å². The van der Waals surface area contributed by atoms with Gasteiger partial charge < -0.3 is 9.80 Å². The van der Waals surface area contributed by atoms with Crippen LogP contribution in [0.1, 0.15) is 16.1 Å². The zero-order valence-corrected chi connectivity index (χ0v) is 11.5. The summed E-state index contributed by atoms with van der Waals surface area (Å²) in [5.74, 6) is -0.0932. The molecule has 1 heterocycles. The van der Waals surface area contributed by atoms with Crippen LogP contribution in [0, 0.1) is 6.92 Å². The molecular formula is C12H18ClN3O. The van der Waals surface area contributed by atoms with E-state index in [4.69, 9.17) is 11.6 Å². The van der Waals surface area contributed by atoms with Gasteiger partial charge in [0.25, 0.3) is 5.91 Å². The van der Waals surface area contributed by atoms with Crippen molar-refractivity contribution in [1.29, 1.82) is 0 Å². The Morgan fingerprint density at radius 3 is 2.53 bits per heavy atom. The Morgan fingerprint density at radius 1 is 1.35 bits per heavy atom. The molecule has 1 amide bonds. The van der Waals surface area contributed by atoms with E-state index in [2.05, 4.69) is 4.98 Å². The average molecular weight is 256 g/mol. The molecule has 0 saturated carbocycles. The zero-order valence-electron chi connectivity index (χ0n) is 10.7. The summed E-state index contributed by atoms with van der Waals surface area (Å²) in [6, 6.07) is 1.70. The molecule has 0 bridgehead atoms. The maximum Gasteiger partial charge on any atom is 0.256 e. The van der Waals surface area contributed by atoms with Crippen molar-refractivity contribution >= 4 is 17.5 Å². The molecule has 4 nitrogen and oxygen atoms in total. The number of carbonyl (C=O) groups is 1. The average Bonchev–Trinajstić information content (AvgIpc) is 2.25. The minimum atomic E-state index is -0.0932. The van der Waals surface area contributed by atoms with E-state index in [0.29, 0.717) is 17.1 Å². The number of amides is 1. The Bertz CT molecular complexity index is 407. The largest absolute Gasteiger partial charge is 0.340 e. The molecule has 5 heteroatoms. The first-order valence-corrected chi connectivity index (χ1v) is 5.82. The quantitative estimate of drug-likeness (QED) is 0.821. The fraction of sp³-hybridized carbons (Fsp3) is 0.500. The van der Waals surface area contributed by atoms with Crippen molar-refractivity contribution in [3.63, 3.8) is 0 Å². The topological polar surface area (TPSA) is 36.4 Å². The van der Waals surface area contributed by atoms with Crippen LogP contribution in [0.4, 0.5) is 0 Å². The number of hydrogen-bond acceptors (Lipinski definition) is 3. The molecule has 1 rings (SSSR count). The van der Waals surface area contributed by atoms with Crippen molar-refractivity contribution in [2.24, 2.45) is 0 Å². The Kier molecular flexibility index (Phi) is 4.90. The van der Waals surface area contributed by atoms with E-state index < -0.39 is 0 Å². The third-order valence-corrected chi connectivity index (χ3v) is 2.76. The second-order valence-electron chi connectivity index (χ2n) is 4.34. The van der Waals surface area contributed by atoms with Crippen LogP contribution in [-0.2, 0) is 0 Å². The first kappa shape index (κ1) is 13.9. The summed E-state index contributed by atoms with van der Waals surface area (Å²) in [5.41, 5.74) is 1.26. The number of halogens is 1. The van der Waals surface area contributed by atoms with Crippen molar-refractivity contribution in [3.05, 3.63) is 28.5 Å². The fourth-order valence-corrected chi connectivity index (χ4v) is 1.63. The SMILES string of the molecule is Cc1cc(Cl)c(C(=O)N(C)CCN(C)C)cn1. The van der Waals surface area contributed by atoms with Crippen molar-refractivity contribution in [1.82, 2.24) is 14.8 Å². The molecule has 0 aromatic carbocycles. The predicted octanol–water partition coefficient (Wildman–Crippen LogP) is 1.68. The Labute approximate surface area is 107 Å². The molecule has 0 unspecified atom stereocenters. The maximum absolute atomic E-state index is 12.1. The third kappa shape index (κ3) is 3.98. The van der Waals surface area contributed by atoms with E-state index >= 15 is 0 Å². The molecule has 0 radical (unpaired) electrons. The standard InChI is InChI=1S/C12H18ClN3O/c1-9-7-11(13)10(8-14-9)12(17)16(4)6-5-15(2)3/h7-8H,5-6H2,1-4H3. The fourth-order valence-electron chi connectivity index (χ4n) is 1.34.